The molecule has 2 N–H and O–H groups in total. The van der Waals surface area contributed by atoms with Crippen LogP contribution in [0.1, 0.15) is 25.0 Å². The molecule has 0 fully saturated rings. The third kappa shape index (κ3) is 2.30. The van der Waals surface area contributed by atoms with Crippen molar-refractivity contribution in [2.24, 2.45) is 5.73 Å². The van der Waals surface area contributed by atoms with E-state index in [9.17, 15) is 4.79 Å². The molecule has 1 unspecified atom stereocenters. The van der Waals surface area contributed by atoms with Gasteiger partial charge in [0, 0.05) is 30.9 Å². The van der Waals surface area contributed by atoms with Gasteiger partial charge in [0.1, 0.15) is 0 Å². The first-order valence-corrected chi connectivity index (χ1v) is 3.74. The lowest BCUT2D eigenvalue weighted by atomic mass is 10.0. The fraction of sp³-hybridized carbons (Fsp3) is 0.375. The number of aromatic nitrogens is 2. The van der Waals surface area contributed by atoms with E-state index in [0.29, 0.717) is 6.42 Å². The van der Waals surface area contributed by atoms with Crippen LogP contribution in [0.3, 0.4) is 0 Å². The number of hydrogen-bond donors (Lipinski definition) is 1. The van der Waals surface area contributed by atoms with Crippen LogP contribution in [-0.2, 0) is 4.79 Å². The molecular weight excluding hydrogens is 154 g/mol. The van der Waals surface area contributed by atoms with Crippen molar-refractivity contribution in [3.05, 3.63) is 24.3 Å². The van der Waals surface area contributed by atoms with Gasteiger partial charge in [-0.1, -0.05) is 6.92 Å². The number of hydrogen-bond acceptors (Lipinski definition) is 3. The van der Waals surface area contributed by atoms with E-state index in [1.54, 1.807) is 18.6 Å². The van der Waals surface area contributed by atoms with Gasteiger partial charge in [0.15, 0.2) is 0 Å². The molecule has 0 spiro atoms. The second kappa shape index (κ2) is 3.80. The van der Waals surface area contributed by atoms with Crippen LogP contribution in [0.25, 0.3) is 0 Å². The van der Waals surface area contributed by atoms with Crippen LogP contribution < -0.4 is 5.73 Å². The minimum absolute atomic E-state index is 0.0520. The number of carbonyl (C=O) groups excluding carboxylic acids is 1. The Hall–Kier alpha value is -1.45. The van der Waals surface area contributed by atoms with E-state index in [0.717, 1.165) is 5.69 Å². The molecule has 4 heteroatoms. The highest BCUT2D eigenvalue weighted by atomic mass is 16.1. The standard InChI is InChI=1S/C8H11N3O/c1-6(4-8(9)12)7-5-10-2-3-11-7/h2-3,5-6H,4H2,1H3,(H2,9,12). The van der Waals surface area contributed by atoms with Gasteiger partial charge in [0.05, 0.1) is 5.69 Å². The molecular formula is C8H11N3O. The maximum Gasteiger partial charge on any atom is 0.218 e. The lowest BCUT2D eigenvalue weighted by molar-refractivity contribution is -0.118. The summed E-state index contributed by atoms with van der Waals surface area (Å²) < 4.78 is 0. The first-order chi connectivity index (χ1) is 5.70. The Bertz CT molecular complexity index is 260. The van der Waals surface area contributed by atoms with E-state index < -0.39 is 0 Å². The van der Waals surface area contributed by atoms with Gasteiger partial charge in [-0.25, -0.2) is 0 Å². The molecule has 0 aliphatic rings. The molecule has 0 aliphatic carbocycles. The Morgan fingerprint density at radius 2 is 2.42 bits per heavy atom. The number of amides is 1. The molecule has 4 nitrogen and oxygen atoms in total. The molecule has 0 bridgehead atoms. The van der Waals surface area contributed by atoms with Crippen molar-refractivity contribution >= 4 is 5.91 Å². The second-order valence-electron chi connectivity index (χ2n) is 2.70. The molecule has 1 aromatic rings. The fourth-order valence-electron chi connectivity index (χ4n) is 0.971. The molecule has 0 aromatic carbocycles. The number of nitrogens with two attached hydrogens (primary N) is 1. The van der Waals surface area contributed by atoms with Crippen LogP contribution in [-0.4, -0.2) is 15.9 Å². The first-order valence-electron chi connectivity index (χ1n) is 3.74. The van der Waals surface area contributed by atoms with Crippen LogP contribution in [0.4, 0.5) is 0 Å². The van der Waals surface area contributed by atoms with Crippen molar-refractivity contribution < 1.29 is 4.79 Å². The third-order valence-corrected chi connectivity index (χ3v) is 1.60. The van der Waals surface area contributed by atoms with Gasteiger partial charge in [-0.2, -0.15) is 0 Å². The molecule has 1 amide bonds. The summed E-state index contributed by atoms with van der Waals surface area (Å²) in [6, 6.07) is 0. The molecule has 1 heterocycles. The molecule has 0 saturated carbocycles. The zero-order chi connectivity index (χ0) is 8.97. The summed E-state index contributed by atoms with van der Waals surface area (Å²) in [6.45, 7) is 1.90. The van der Waals surface area contributed by atoms with Crippen molar-refractivity contribution in [3.63, 3.8) is 0 Å². The van der Waals surface area contributed by atoms with Crippen LogP contribution in [0.15, 0.2) is 18.6 Å². The first kappa shape index (κ1) is 8.64. The lowest BCUT2D eigenvalue weighted by Gasteiger charge is -2.06. The van der Waals surface area contributed by atoms with E-state index in [1.807, 2.05) is 6.92 Å². The van der Waals surface area contributed by atoms with Crippen LogP contribution in [0.2, 0.25) is 0 Å². The van der Waals surface area contributed by atoms with Crippen molar-refractivity contribution in [2.45, 2.75) is 19.3 Å². The van der Waals surface area contributed by atoms with Gasteiger partial charge in [-0.15, -0.1) is 0 Å². The zero-order valence-electron chi connectivity index (χ0n) is 6.90. The van der Waals surface area contributed by atoms with Gasteiger partial charge in [0.25, 0.3) is 0 Å². The van der Waals surface area contributed by atoms with Gasteiger partial charge >= 0.3 is 0 Å². The van der Waals surface area contributed by atoms with Crippen LogP contribution in [0.5, 0.6) is 0 Å². The average Bonchev–Trinajstić information content (AvgIpc) is 2.05. The highest BCUT2D eigenvalue weighted by Crippen LogP contribution is 2.13. The maximum atomic E-state index is 10.6. The highest BCUT2D eigenvalue weighted by molar-refractivity contribution is 5.74. The molecule has 64 valence electrons. The normalized spacial score (nSPS) is 12.4. The van der Waals surface area contributed by atoms with Crippen molar-refractivity contribution in [1.82, 2.24) is 9.97 Å². The third-order valence-electron chi connectivity index (χ3n) is 1.60. The smallest absolute Gasteiger partial charge is 0.218 e. The number of primary amides is 1. The Labute approximate surface area is 70.8 Å². The summed E-state index contributed by atoms with van der Waals surface area (Å²) in [7, 11) is 0. The van der Waals surface area contributed by atoms with E-state index in [2.05, 4.69) is 9.97 Å². The van der Waals surface area contributed by atoms with E-state index in [-0.39, 0.29) is 11.8 Å². The molecule has 0 saturated heterocycles. The summed E-state index contributed by atoms with van der Waals surface area (Å²) in [4.78, 5) is 18.5. The molecule has 0 radical (unpaired) electrons. The van der Waals surface area contributed by atoms with E-state index in [1.165, 1.54) is 0 Å². The Morgan fingerprint density at radius 1 is 1.67 bits per heavy atom. The Balaban J connectivity index is 2.65. The van der Waals surface area contributed by atoms with E-state index >= 15 is 0 Å². The van der Waals surface area contributed by atoms with Crippen molar-refractivity contribution in [3.8, 4) is 0 Å². The SMILES string of the molecule is CC(CC(N)=O)c1cnccn1. The summed E-state index contributed by atoms with van der Waals surface area (Å²) >= 11 is 0. The average molecular weight is 165 g/mol. The Kier molecular flexibility index (Phi) is 2.74. The molecule has 1 rings (SSSR count). The largest absolute Gasteiger partial charge is 0.370 e. The highest BCUT2D eigenvalue weighted by Gasteiger charge is 2.09. The number of rotatable bonds is 3. The summed E-state index contributed by atoms with van der Waals surface area (Å²) in [5.41, 5.74) is 5.85. The van der Waals surface area contributed by atoms with Crippen LogP contribution in [0, 0.1) is 0 Å². The molecule has 12 heavy (non-hydrogen) atoms. The summed E-state index contributed by atoms with van der Waals surface area (Å²) in [5.74, 6) is -0.260. The summed E-state index contributed by atoms with van der Waals surface area (Å²) in [6.07, 6.45) is 5.17. The predicted molar refractivity (Wildman–Crippen MR) is 44.3 cm³/mol. The second-order valence-corrected chi connectivity index (χ2v) is 2.70. The quantitative estimate of drug-likeness (QED) is 0.707. The molecule has 1 atom stereocenters. The predicted octanol–water partition coefficient (Wildman–Crippen LogP) is 0.455. The minimum atomic E-state index is -0.312. The maximum absolute atomic E-state index is 10.6. The topological polar surface area (TPSA) is 68.9 Å². The van der Waals surface area contributed by atoms with Crippen molar-refractivity contribution in [1.29, 1.82) is 0 Å². The summed E-state index contributed by atoms with van der Waals surface area (Å²) in [5, 5.41) is 0. The van der Waals surface area contributed by atoms with Gasteiger partial charge in [-0.05, 0) is 0 Å². The lowest BCUT2D eigenvalue weighted by Crippen LogP contribution is -2.14. The monoisotopic (exact) mass is 165 g/mol. The Morgan fingerprint density at radius 3 is 2.92 bits per heavy atom. The van der Waals surface area contributed by atoms with Crippen molar-refractivity contribution in [2.75, 3.05) is 0 Å². The molecule has 1 aromatic heterocycles. The van der Waals surface area contributed by atoms with Crippen LogP contribution >= 0.6 is 0 Å². The van der Waals surface area contributed by atoms with Gasteiger partial charge in [0.2, 0.25) is 5.91 Å². The number of carbonyl (C=O) groups is 1. The van der Waals surface area contributed by atoms with E-state index in [4.69, 9.17) is 5.73 Å². The minimum Gasteiger partial charge on any atom is -0.370 e. The zero-order valence-corrected chi connectivity index (χ0v) is 6.90. The van der Waals surface area contributed by atoms with Gasteiger partial charge < -0.3 is 5.73 Å². The fourth-order valence-corrected chi connectivity index (χ4v) is 0.971. The molecule has 0 aliphatic heterocycles. The number of nitrogens with zero attached hydrogens (tertiary/aromatic N) is 2. The van der Waals surface area contributed by atoms with Gasteiger partial charge in [-0.3, -0.25) is 14.8 Å².